The monoisotopic (exact) mass is 383 g/mol. The normalized spacial score (nSPS) is 18.4. The largest absolute Gasteiger partial charge is 0.366 e. The van der Waals surface area contributed by atoms with Gasteiger partial charge in [0.15, 0.2) is 0 Å². The first-order valence-corrected chi connectivity index (χ1v) is 9.70. The molecular weight excluding hydrogens is 358 g/mol. The van der Waals surface area contributed by atoms with Gasteiger partial charge in [0.25, 0.3) is 5.91 Å². The predicted octanol–water partition coefficient (Wildman–Crippen LogP) is 5.22. The lowest BCUT2D eigenvalue weighted by Crippen LogP contribution is -2.48. The van der Waals surface area contributed by atoms with Crippen LogP contribution >= 0.6 is 11.6 Å². The first-order chi connectivity index (χ1) is 12.8. The van der Waals surface area contributed by atoms with E-state index in [-0.39, 0.29) is 11.4 Å². The summed E-state index contributed by atoms with van der Waals surface area (Å²) in [4.78, 5) is 14.6. The van der Waals surface area contributed by atoms with E-state index in [2.05, 4.69) is 55.3 Å². The second-order valence-electron chi connectivity index (χ2n) is 7.69. The third-order valence-electron chi connectivity index (χ3n) is 5.21. The van der Waals surface area contributed by atoms with Crippen LogP contribution in [0.2, 0.25) is 5.02 Å². The van der Waals surface area contributed by atoms with Gasteiger partial charge in [-0.05, 0) is 80.6 Å². The highest BCUT2D eigenvalue weighted by Gasteiger charge is 2.35. The Bertz CT molecular complexity index is 858. The van der Waals surface area contributed by atoms with Crippen LogP contribution in [0.4, 0.5) is 5.69 Å². The maximum atomic E-state index is 12.1. The Balaban J connectivity index is 1.75. The number of fused-ring (bicyclic) bond motifs is 1. The summed E-state index contributed by atoms with van der Waals surface area (Å²) in [5, 5.41) is 4.71. The molecule has 0 radical (unpaired) electrons. The lowest BCUT2D eigenvalue weighted by atomic mass is 9.79. The molecule has 27 heavy (non-hydrogen) atoms. The SMILES string of the molecule is CCN1c2ccc(/C=N\NC(=O)c3ccc(Cl)cc3)cc2[C@@H](C)CC1(C)C. The van der Waals surface area contributed by atoms with Crippen molar-refractivity contribution in [2.75, 3.05) is 11.4 Å². The van der Waals surface area contributed by atoms with Gasteiger partial charge in [-0.2, -0.15) is 5.10 Å². The number of benzene rings is 2. The number of hydrogen-bond acceptors (Lipinski definition) is 3. The van der Waals surface area contributed by atoms with Crippen molar-refractivity contribution in [3.05, 3.63) is 64.2 Å². The van der Waals surface area contributed by atoms with Crippen LogP contribution in [0.5, 0.6) is 0 Å². The van der Waals surface area contributed by atoms with E-state index in [1.165, 1.54) is 11.3 Å². The number of carbonyl (C=O) groups excluding carboxylic acids is 1. The molecular formula is C22H26ClN3O. The third kappa shape index (κ3) is 4.16. The van der Waals surface area contributed by atoms with Crippen LogP contribution in [0, 0.1) is 0 Å². The van der Waals surface area contributed by atoms with Crippen LogP contribution in [-0.2, 0) is 0 Å². The Morgan fingerprint density at radius 2 is 2.00 bits per heavy atom. The van der Waals surface area contributed by atoms with E-state index in [1.54, 1.807) is 30.5 Å². The van der Waals surface area contributed by atoms with E-state index in [0.717, 1.165) is 18.5 Å². The number of anilines is 1. The molecule has 0 aromatic heterocycles. The molecule has 142 valence electrons. The number of carbonyl (C=O) groups is 1. The Morgan fingerprint density at radius 1 is 1.30 bits per heavy atom. The number of halogens is 1. The summed E-state index contributed by atoms with van der Waals surface area (Å²) >= 11 is 5.84. The van der Waals surface area contributed by atoms with E-state index in [4.69, 9.17) is 11.6 Å². The van der Waals surface area contributed by atoms with Crippen molar-refractivity contribution in [3.8, 4) is 0 Å². The molecule has 2 aromatic rings. The second kappa shape index (κ2) is 7.73. The number of hydrogen-bond donors (Lipinski definition) is 1. The molecule has 0 unspecified atom stereocenters. The molecule has 1 aliphatic rings. The fourth-order valence-corrected chi connectivity index (χ4v) is 4.14. The van der Waals surface area contributed by atoms with Gasteiger partial charge in [-0.1, -0.05) is 24.6 Å². The van der Waals surface area contributed by atoms with Crippen LogP contribution in [0.25, 0.3) is 0 Å². The zero-order valence-electron chi connectivity index (χ0n) is 16.3. The summed E-state index contributed by atoms with van der Waals surface area (Å²) < 4.78 is 0. The van der Waals surface area contributed by atoms with Gasteiger partial charge in [-0.15, -0.1) is 0 Å². The molecule has 0 saturated carbocycles. The van der Waals surface area contributed by atoms with Gasteiger partial charge in [0, 0.05) is 28.4 Å². The van der Waals surface area contributed by atoms with Gasteiger partial charge in [-0.25, -0.2) is 5.43 Å². The van der Waals surface area contributed by atoms with Crippen LogP contribution in [0.3, 0.4) is 0 Å². The van der Waals surface area contributed by atoms with Crippen molar-refractivity contribution in [2.45, 2.75) is 45.6 Å². The molecule has 4 nitrogen and oxygen atoms in total. The number of rotatable bonds is 4. The molecule has 1 N–H and O–H groups in total. The third-order valence-corrected chi connectivity index (χ3v) is 5.46. The molecule has 1 atom stereocenters. The van der Waals surface area contributed by atoms with Gasteiger partial charge >= 0.3 is 0 Å². The molecule has 0 spiro atoms. The van der Waals surface area contributed by atoms with Crippen molar-refractivity contribution in [1.82, 2.24) is 5.43 Å². The fraction of sp³-hybridized carbons (Fsp3) is 0.364. The van der Waals surface area contributed by atoms with Crippen LogP contribution in [0.1, 0.15) is 61.5 Å². The molecule has 1 heterocycles. The Hall–Kier alpha value is -2.33. The van der Waals surface area contributed by atoms with Gasteiger partial charge in [0.05, 0.1) is 6.21 Å². The summed E-state index contributed by atoms with van der Waals surface area (Å²) in [7, 11) is 0. The van der Waals surface area contributed by atoms with E-state index in [1.807, 2.05) is 6.07 Å². The molecule has 5 heteroatoms. The summed E-state index contributed by atoms with van der Waals surface area (Å²) in [5.74, 6) is 0.225. The van der Waals surface area contributed by atoms with E-state index in [9.17, 15) is 4.79 Å². The summed E-state index contributed by atoms with van der Waals surface area (Å²) in [5.41, 5.74) is 6.86. The fourth-order valence-electron chi connectivity index (χ4n) is 4.02. The van der Waals surface area contributed by atoms with Crippen molar-refractivity contribution >= 4 is 29.4 Å². The Kier molecular flexibility index (Phi) is 5.56. The maximum absolute atomic E-state index is 12.1. The first kappa shape index (κ1) is 19.4. The lowest BCUT2D eigenvalue weighted by Gasteiger charge is -2.47. The summed E-state index contributed by atoms with van der Waals surface area (Å²) in [6, 6.07) is 13.1. The average molecular weight is 384 g/mol. The number of nitrogens with one attached hydrogen (secondary N) is 1. The van der Waals surface area contributed by atoms with E-state index in [0.29, 0.717) is 16.5 Å². The van der Waals surface area contributed by atoms with Crippen LogP contribution in [-0.4, -0.2) is 24.2 Å². The van der Waals surface area contributed by atoms with Gasteiger partial charge in [0.1, 0.15) is 0 Å². The lowest BCUT2D eigenvalue weighted by molar-refractivity contribution is 0.0955. The van der Waals surface area contributed by atoms with Gasteiger partial charge in [-0.3, -0.25) is 4.79 Å². The van der Waals surface area contributed by atoms with Gasteiger partial charge < -0.3 is 4.90 Å². The molecule has 1 amide bonds. The highest BCUT2D eigenvalue weighted by atomic mass is 35.5. The summed E-state index contributed by atoms with van der Waals surface area (Å²) in [6.45, 7) is 10.1. The number of nitrogens with zero attached hydrogens (tertiary/aromatic N) is 2. The molecule has 2 aromatic carbocycles. The number of hydrazone groups is 1. The highest BCUT2D eigenvalue weighted by Crippen LogP contribution is 2.43. The molecule has 0 fully saturated rings. The zero-order valence-corrected chi connectivity index (χ0v) is 17.0. The van der Waals surface area contributed by atoms with Crippen molar-refractivity contribution in [1.29, 1.82) is 0 Å². The number of amides is 1. The topological polar surface area (TPSA) is 44.7 Å². The zero-order chi connectivity index (χ0) is 19.6. The van der Waals surface area contributed by atoms with E-state index < -0.39 is 0 Å². The second-order valence-corrected chi connectivity index (χ2v) is 8.12. The average Bonchev–Trinajstić information content (AvgIpc) is 2.62. The molecule has 0 saturated heterocycles. The summed E-state index contributed by atoms with van der Waals surface area (Å²) in [6.07, 6.45) is 2.80. The predicted molar refractivity (Wildman–Crippen MR) is 113 cm³/mol. The molecule has 3 rings (SSSR count). The van der Waals surface area contributed by atoms with Crippen LogP contribution in [0.15, 0.2) is 47.6 Å². The minimum absolute atomic E-state index is 0.156. The minimum Gasteiger partial charge on any atom is -0.366 e. The smallest absolute Gasteiger partial charge is 0.271 e. The maximum Gasteiger partial charge on any atom is 0.271 e. The molecule has 0 bridgehead atoms. The standard InChI is InChI=1S/C22H26ClN3O/c1-5-26-20-11-6-16(12-19(20)15(2)13-22(26,3)4)14-24-25-21(27)17-7-9-18(23)10-8-17/h6-12,14-15H,5,13H2,1-4H3,(H,25,27)/b24-14-/t15-/m0/s1. The van der Waals surface area contributed by atoms with Crippen LogP contribution < -0.4 is 10.3 Å². The van der Waals surface area contributed by atoms with Crippen molar-refractivity contribution in [3.63, 3.8) is 0 Å². The van der Waals surface area contributed by atoms with Gasteiger partial charge in [0.2, 0.25) is 0 Å². The Labute approximate surface area is 166 Å². The van der Waals surface area contributed by atoms with E-state index >= 15 is 0 Å². The quantitative estimate of drug-likeness (QED) is 0.581. The molecule has 1 aliphatic heterocycles. The minimum atomic E-state index is -0.256. The highest BCUT2D eigenvalue weighted by molar-refractivity contribution is 6.30. The first-order valence-electron chi connectivity index (χ1n) is 9.32. The Morgan fingerprint density at radius 3 is 2.67 bits per heavy atom. The van der Waals surface area contributed by atoms with Crippen molar-refractivity contribution < 1.29 is 4.79 Å². The molecule has 0 aliphatic carbocycles. The van der Waals surface area contributed by atoms with Crippen molar-refractivity contribution in [2.24, 2.45) is 5.10 Å².